The number of thioether (sulfide) groups is 1. The summed E-state index contributed by atoms with van der Waals surface area (Å²) in [5, 5.41) is 4.33. The number of hydrogen-bond donors (Lipinski definition) is 1. The zero-order chi connectivity index (χ0) is 22.2. The van der Waals surface area contributed by atoms with Crippen LogP contribution in [0.4, 0.5) is 5.69 Å². The molecule has 31 heavy (non-hydrogen) atoms. The van der Waals surface area contributed by atoms with Crippen LogP contribution in [0.2, 0.25) is 5.02 Å². The molecule has 1 fully saturated rings. The third-order valence-electron chi connectivity index (χ3n) is 5.48. The molecule has 0 radical (unpaired) electrons. The number of carbonyl (C=O) groups excluding carboxylic acids is 1. The fourth-order valence-electron chi connectivity index (χ4n) is 3.87. The zero-order valence-electron chi connectivity index (χ0n) is 17.3. The maximum Gasteiger partial charge on any atom is 0.234 e. The number of amides is 1. The fraction of sp³-hybridized carbons (Fsp3) is 0.364. The normalized spacial score (nSPS) is 21.6. The molecule has 0 bridgehead atoms. The molecule has 2 atom stereocenters. The number of nitrogens with zero attached hydrogens (tertiary/aromatic N) is 2. The van der Waals surface area contributed by atoms with Gasteiger partial charge in [0.05, 0.1) is 29.3 Å². The number of fused-ring (bicyclic) bond motifs is 1. The lowest BCUT2D eigenvalue weighted by Gasteiger charge is -2.26. The Bertz CT molecular complexity index is 1130. The van der Waals surface area contributed by atoms with E-state index in [-0.39, 0.29) is 35.2 Å². The van der Waals surface area contributed by atoms with Gasteiger partial charge in [-0.2, -0.15) is 0 Å². The summed E-state index contributed by atoms with van der Waals surface area (Å²) in [6.07, 6.45) is 0. The molecule has 0 spiro atoms. The molecule has 2 aliphatic rings. The SMILES string of the molecule is Cc1ccc(C)c(NC(=O)CSC2=N[C@@H]3CS(=O)(=O)C[C@@H]3N2Cc2ccc(Cl)cc2)c1. The van der Waals surface area contributed by atoms with E-state index in [0.29, 0.717) is 11.6 Å². The first-order chi connectivity index (χ1) is 14.7. The van der Waals surface area contributed by atoms with Crippen LogP contribution >= 0.6 is 23.4 Å². The van der Waals surface area contributed by atoms with Crippen molar-refractivity contribution in [2.45, 2.75) is 32.5 Å². The summed E-state index contributed by atoms with van der Waals surface area (Å²) in [5.41, 5.74) is 3.91. The second kappa shape index (κ2) is 8.84. The molecule has 2 heterocycles. The lowest BCUT2D eigenvalue weighted by Crippen LogP contribution is -2.38. The standard InChI is InChI=1S/C22H24ClN3O3S2/c1-14-3-4-15(2)18(9-14)24-21(27)11-30-22-25-19-12-31(28,29)13-20(19)26(22)10-16-5-7-17(23)8-6-16/h3-9,19-20H,10-13H2,1-2H3,(H,24,27)/t19-,20+/m1/s1. The third-order valence-corrected chi connectivity index (χ3v) is 8.44. The molecule has 1 N–H and O–H groups in total. The minimum Gasteiger partial charge on any atom is -0.341 e. The minimum atomic E-state index is -3.10. The number of carbonyl (C=O) groups is 1. The van der Waals surface area contributed by atoms with Crippen LogP contribution in [0.5, 0.6) is 0 Å². The highest BCUT2D eigenvalue weighted by atomic mass is 35.5. The Kier molecular flexibility index (Phi) is 6.32. The molecule has 0 unspecified atom stereocenters. The smallest absolute Gasteiger partial charge is 0.234 e. The van der Waals surface area contributed by atoms with Gasteiger partial charge < -0.3 is 10.2 Å². The molecule has 4 rings (SSSR count). The van der Waals surface area contributed by atoms with E-state index in [1.54, 1.807) is 0 Å². The number of aryl methyl sites for hydroxylation is 2. The van der Waals surface area contributed by atoms with Crippen molar-refractivity contribution in [1.82, 2.24) is 4.90 Å². The molecule has 0 aromatic heterocycles. The lowest BCUT2D eigenvalue weighted by molar-refractivity contribution is -0.113. The summed E-state index contributed by atoms with van der Waals surface area (Å²) in [4.78, 5) is 19.3. The Balaban J connectivity index is 1.46. The predicted molar refractivity (Wildman–Crippen MR) is 128 cm³/mol. The zero-order valence-corrected chi connectivity index (χ0v) is 19.7. The van der Waals surface area contributed by atoms with Crippen LogP contribution in [0.15, 0.2) is 47.5 Å². The molecule has 164 valence electrons. The molecule has 0 aliphatic carbocycles. The molecular weight excluding hydrogens is 454 g/mol. The summed E-state index contributed by atoms with van der Waals surface area (Å²) in [5.74, 6) is 0.244. The number of rotatable bonds is 5. The topological polar surface area (TPSA) is 78.8 Å². The average molecular weight is 478 g/mol. The van der Waals surface area contributed by atoms with E-state index in [4.69, 9.17) is 11.6 Å². The highest BCUT2D eigenvalue weighted by Gasteiger charge is 2.46. The van der Waals surface area contributed by atoms with Crippen molar-refractivity contribution in [2.75, 3.05) is 22.6 Å². The van der Waals surface area contributed by atoms with Crippen molar-refractivity contribution < 1.29 is 13.2 Å². The van der Waals surface area contributed by atoms with E-state index in [1.165, 1.54) is 11.8 Å². The fourth-order valence-corrected chi connectivity index (χ4v) is 6.78. The van der Waals surface area contributed by atoms with Crippen LogP contribution in [-0.2, 0) is 21.2 Å². The molecule has 0 saturated carbocycles. The molecule has 9 heteroatoms. The number of halogens is 1. The van der Waals surface area contributed by atoms with Gasteiger partial charge in [-0.1, -0.05) is 47.6 Å². The number of anilines is 1. The van der Waals surface area contributed by atoms with Crippen molar-refractivity contribution in [1.29, 1.82) is 0 Å². The van der Waals surface area contributed by atoms with Gasteiger partial charge >= 0.3 is 0 Å². The molecular formula is C22H24ClN3O3S2. The van der Waals surface area contributed by atoms with Gasteiger partial charge in [0, 0.05) is 17.3 Å². The van der Waals surface area contributed by atoms with Crippen molar-refractivity contribution in [2.24, 2.45) is 4.99 Å². The maximum absolute atomic E-state index is 12.6. The average Bonchev–Trinajstić information content (AvgIpc) is 3.17. The van der Waals surface area contributed by atoms with E-state index in [0.717, 1.165) is 27.5 Å². The first-order valence-corrected chi connectivity index (χ1v) is 13.2. The van der Waals surface area contributed by atoms with Gasteiger partial charge in [0.2, 0.25) is 5.91 Å². The Morgan fingerprint density at radius 3 is 2.68 bits per heavy atom. The number of nitrogens with one attached hydrogen (secondary N) is 1. The second-order valence-corrected chi connectivity index (χ2v) is 11.6. The summed E-state index contributed by atoms with van der Waals surface area (Å²) < 4.78 is 24.3. The molecule has 6 nitrogen and oxygen atoms in total. The van der Waals surface area contributed by atoms with E-state index >= 15 is 0 Å². The van der Waals surface area contributed by atoms with Gasteiger partial charge in [-0.25, -0.2) is 8.42 Å². The van der Waals surface area contributed by atoms with Gasteiger partial charge in [-0.3, -0.25) is 9.79 Å². The van der Waals surface area contributed by atoms with Crippen LogP contribution in [0.1, 0.15) is 16.7 Å². The van der Waals surface area contributed by atoms with Gasteiger partial charge in [0.1, 0.15) is 0 Å². The Hall–Kier alpha value is -2.03. The summed E-state index contributed by atoms with van der Waals surface area (Å²) in [6.45, 7) is 4.47. The largest absolute Gasteiger partial charge is 0.341 e. The third kappa shape index (κ3) is 5.25. The van der Waals surface area contributed by atoms with Crippen molar-refractivity contribution in [3.05, 3.63) is 64.2 Å². The quantitative estimate of drug-likeness (QED) is 0.710. The van der Waals surface area contributed by atoms with Crippen molar-refractivity contribution in [3.8, 4) is 0 Å². The highest BCUT2D eigenvalue weighted by Crippen LogP contribution is 2.32. The van der Waals surface area contributed by atoms with Gasteiger partial charge in [-0.05, 0) is 48.7 Å². The van der Waals surface area contributed by atoms with Gasteiger partial charge in [0.15, 0.2) is 15.0 Å². The molecule has 1 amide bonds. The van der Waals surface area contributed by atoms with Gasteiger partial charge in [-0.15, -0.1) is 0 Å². The van der Waals surface area contributed by atoms with E-state index in [2.05, 4.69) is 10.3 Å². The summed E-state index contributed by atoms with van der Waals surface area (Å²) in [6, 6.07) is 13.0. The van der Waals surface area contributed by atoms with E-state index < -0.39 is 9.84 Å². The van der Waals surface area contributed by atoms with Gasteiger partial charge in [0.25, 0.3) is 0 Å². The molecule has 2 aromatic carbocycles. The Labute approximate surface area is 192 Å². The number of benzene rings is 2. The lowest BCUT2D eigenvalue weighted by atomic mass is 10.1. The monoisotopic (exact) mass is 477 g/mol. The van der Waals surface area contributed by atoms with E-state index in [1.807, 2.05) is 61.2 Å². The maximum atomic E-state index is 12.6. The Morgan fingerprint density at radius 2 is 1.94 bits per heavy atom. The molecule has 1 saturated heterocycles. The first-order valence-electron chi connectivity index (χ1n) is 9.99. The van der Waals surface area contributed by atoms with E-state index in [9.17, 15) is 13.2 Å². The van der Waals surface area contributed by atoms with Crippen LogP contribution < -0.4 is 5.32 Å². The van der Waals surface area contributed by atoms with Crippen LogP contribution in [0, 0.1) is 13.8 Å². The predicted octanol–water partition coefficient (Wildman–Crippen LogP) is 3.67. The minimum absolute atomic E-state index is 0.0630. The van der Waals surface area contributed by atoms with Crippen LogP contribution in [-0.4, -0.2) is 53.7 Å². The number of sulfone groups is 1. The molecule has 2 aromatic rings. The Morgan fingerprint density at radius 1 is 1.19 bits per heavy atom. The van der Waals surface area contributed by atoms with Crippen molar-refractivity contribution in [3.63, 3.8) is 0 Å². The number of hydrogen-bond acceptors (Lipinski definition) is 6. The van der Waals surface area contributed by atoms with Crippen LogP contribution in [0.3, 0.4) is 0 Å². The number of amidine groups is 1. The molecule has 2 aliphatic heterocycles. The number of aliphatic imine (C=N–C) groups is 1. The second-order valence-electron chi connectivity index (χ2n) is 8.03. The van der Waals surface area contributed by atoms with Crippen molar-refractivity contribution >= 4 is 50.0 Å². The van der Waals surface area contributed by atoms with Crippen LogP contribution in [0.25, 0.3) is 0 Å². The highest BCUT2D eigenvalue weighted by molar-refractivity contribution is 8.14. The summed E-state index contributed by atoms with van der Waals surface area (Å²) in [7, 11) is -3.10. The first kappa shape index (κ1) is 22.2. The summed E-state index contributed by atoms with van der Waals surface area (Å²) >= 11 is 7.34.